The molecule has 2 heterocycles. The highest BCUT2D eigenvalue weighted by atomic mass is 16.5. The van der Waals surface area contributed by atoms with Gasteiger partial charge in [0, 0.05) is 37.2 Å². The summed E-state index contributed by atoms with van der Waals surface area (Å²) in [6.07, 6.45) is 1.41. The molecule has 1 aliphatic rings. The first-order chi connectivity index (χ1) is 16.9. The number of carbonyl (C=O) groups is 3. The Morgan fingerprint density at radius 1 is 1.14 bits per heavy atom. The summed E-state index contributed by atoms with van der Waals surface area (Å²) in [7, 11) is 3.15. The molecule has 0 N–H and O–H groups in total. The summed E-state index contributed by atoms with van der Waals surface area (Å²) in [5, 5.41) is 0.786. The van der Waals surface area contributed by atoms with Crippen molar-refractivity contribution in [3.63, 3.8) is 0 Å². The molecule has 1 aliphatic heterocycles. The highest BCUT2D eigenvalue weighted by Gasteiger charge is 2.31. The molecule has 1 aromatic heterocycles. The molecule has 184 valence electrons. The van der Waals surface area contributed by atoms with Crippen LogP contribution in [0.4, 0.5) is 0 Å². The van der Waals surface area contributed by atoms with Crippen LogP contribution in [-0.4, -0.2) is 68.0 Å². The third kappa shape index (κ3) is 5.16. The van der Waals surface area contributed by atoms with Gasteiger partial charge in [-0.15, -0.1) is 0 Å². The Balaban J connectivity index is 1.57. The molecule has 8 nitrogen and oxygen atoms in total. The fourth-order valence-corrected chi connectivity index (χ4v) is 4.45. The SMILES string of the molecule is CCOC(=O)C1CCCN(C(=O)CN(C)C(=O)c2oc3cc(OC)ccc3c2-c2ccccc2)C1. The van der Waals surface area contributed by atoms with E-state index in [4.69, 9.17) is 13.9 Å². The zero-order valence-electron chi connectivity index (χ0n) is 20.3. The molecule has 0 saturated carbocycles. The predicted molar refractivity (Wildman–Crippen MR) is 131 cm³/mol. The Bertz CT molecular complexity index is 1220. The van der Waals surface area contributed by atoms with Crippen molar-refractivity contribution in [3.8, 4) is 16.9 Å². The summed E-state index contributed by atoms with van der Waals surface area (Å²) < 4.78 is 16.5. The van der Waals surface area contributed by atoms with Crippen LogP contribution in [0.15, 0.2) is 52.9 Å². The van der Waals surface area contributed by atoms with Crippen molar-refractivity contribution < 1.29 is 28.3 Å². The predicted octanol–water partition coefficient (Wildman–Crippen LogP) is 3.98. The molecule has 1 unspecified atom stereocenters. The van der Waals surface area contributed by atoms with Crippen LogP contribution in [0, 0.1) is 5.92 Å². The van der Waals surface area contributed by atoms with E-state index in [-0.39, 0.29) is 30.1 Å². The van der Waals surface area contributed by atoms with Gasteiger partial charge in [0.2, 0.25) is 11.7 Å². The number of fused-ring (bicyclic) bond motifs is 1. The van der Waals surface area contributed by atoms with E-state index < -0.39 is 5.91 Å². The first-order valence-electron chi connectivity index (χ1n) is 11.8. The number of benzene rings is 2. The molecule has 0 spiro atoms. The highest BCUT2D eigenvalue weighted by molar-refractivity contribution is 6.08. The van der Waals surface area contributed by atoms with Crippen LogP contribution in [0.5, 0.6) is 5.75 Å². The standard InChI is InChI=1S/C27H30N2O6/c1-4-34-27(32)19-11-8-14-29(16-19)23(30)17-28(2)26(31)25-24(18-9-6-5-7-10-18)21-13-12-20(33-3)15-22(21)35-25/h5-7,9-10,12-13,15,19H,4,8,11,14,16-17H2,1-3H3. The topological polar surface area (TPSA) is 89.3 Å². The van der Waals surface area contributed by atoms with Gasteiger partial charge in [-0.3, -0.25) is 14.4 Å². The maximum atomic E-state index is 13.5. The van der Waals surface area contributed by atoms with Crippen molar-refractivity contribution in [2.45, 2.75) is 19.8 Å². The molecular formula is C27H30N2O6. The Morgan fingerprint density at radius 2 is 1.91 bits per heavy atom. The number of piperidine rings is 1. The number of nitrogens with zero attached hydrogens (tertiary/aromatic N) is 2. The number of hydrogen-bond acceptors (Lipinski definition) is 6. The van der Waals surface area contributed by atoms with Gasteiger partial charge >= 0.3 is 5.97 Å². The lowest BCUT2D eigenvalue weighted by atomic mass is 9.98. The molecule has 4 rings (SSSR count). The number of ether oxygens (including phenoxy) is 2. The lowest BCUT2D eigenvalue weighted by molar-refractivity contribution is -0.151. The van der Waals surface area contributed by atoms with E-state index in [1.54, 1.807) is 32.0 Å². The van der Waals surface area contributed by atoms with Crippen LogP contribution < -0.4 is 4.74 Å². The molecule has 1 atom stereocenters. The van der Waals surface area contributed by atoms with Gasteiger partial charge in [0.1, 0.15) is 11.3 Å². The Kier molecular flexibility index (Phi) is 7.39. The summed E-state index contributed by atoms with van der Waals surface area (Å²) in [5.74, 6) is -0.434. The minimum absolute atomic E-state index is 0.122. The zero-order chi connectivity index (χ0) is 24.9. The normalized spacial score (nSPS) is 15.6. The van der Waals surface area contributed by atoms with E-state index in [1.165, 1.54) is 4.90 Å². The Hall–Kier alpha value is -3.81. The summed E-state index contributed by atoms with van der Waals surface area (Å²) >= 11 is 0. The van der Waals surface area contributed by atoms with E-state index in [9.17, 15) is 14.4 Å². The van der Waals surface area contributed by atoms with Crippen molar-refractivity contribution in [3.05, 3.63) is 54.3 Å². The van der Waals surface area contributed by atoms with E-state index >= 15 is 0 Å². The summed E-state index contributed by atoms with van der Waals surface area (Å²) in [5.41, 5.74) is 2.04. The number of rotatable bonds is 7. The summed E-state index contributed by atoms with van der Waals surface area (Å²) in [6, 6.07) is 15.0. The zero-order valence-corrected chi connectivity index (χ0v) is 20.3. The molecule has 0 bridgehead atoms. The average molecular weight is 479 g/mol. The summed E-state index contributed by atoms with van der Waals surface area (Å²) in [4.78, 5) is 41.6. The minimum Gasteiger partial charge on any atom is -0.497 e. The van der Waals surface area contributed by atoms with Crippen LogP contribution in [0.2, 0.25) is 0 Å². The molecule has 1 saturated heterocycles. The van der Waals surface area contributed by atoms with Crippen LogP contribution in [0.25, 0.3) is 22.1 Å². The van der Waals surface area contributed by atoms with Gasteiger partial charge in [0.25, 0.3) is 5.91 Å². The number of furan rings is 1. The Morgan fingerprint density at radius 3 is 2.63 bits per heavy atom. The van der Waals surface area contributed by atoms with Crippen LogP contribution >= 0.6 is 0 Å². The van der Waals surface area contributed by atoms with Gasteiger partial charge in [-0.2, -0.15) is 0 Å². The third-order valence-electron chi connectivity index (χ3n) is 6.27. The molecular weight excluding hydrogens is 448 g/mol. The number of hydrogen-bond donors (Lipinski definition) is 0. The fraction of sp³-hybridized carbons (Fsp3) is 0.370. The van der Waals surface area contributed by atoms with E-state index in [1.807, 2.05) is 42.5 Å². The molecule has 35 heavy (non-hydrogen) atoms. The first kappa shape index (κ1) is 24.3. The number of likely N-dealkylation sites (tertiary alicyclic amines) is 1. The third-order valence-corrected chi connectivity index (χ3v) is 6.27. The second-order valence-electron chi connectivity index (χ2n) is 8.63. The van der Waals surface area contributed by atoms with Gasteiger partial charge in [-0.05, 0) is 37.5 Å². The molecule has 0 aliphatic carbocycles. The van der Waals surface area contributed by atoms with Gasteiger partial charge in [0.05, 0.1) is 26.2 Å². The Labute approximate surface area is 204 Å². The van der Waals surface area contributed by atoms with Gasteiger partial charge in [0.15, 0.2) is 0 Å². The van der Waals surface area contributed by atoms with E-state index in [2.05, 4.69) is 0 Å². The molecule has 1 fully saturated rings. The summed E-state index contributed by atoms with van der Waals surface area (Å²) in [6.45, 7) is 2.81. The van der Waals surface area contributed by atoms with Crippen molar-refractivity contribution in [2.75, 3.05) is 40.4 Å². The fourth-order valence-electron chi connectivity index (χ4n) is 4.45. The average Bonchev–Trinajstić information content (AvgIpc) is 3.27. The first-order valence-corrected chi connectivity index (χ1v) is 11.8. The van der Waals surface area contributed by atoms with E-state index in [0.717, 1.165) is 17.4 Å². The lowest BCUT2D eigenvalue weighted by Gasteiger charge is -2.32. The number of methoxy groups -OCH3 is 1. The van der Waals surface area contributed by atoms with Gasteiger partial charge in [-0.25, -0.2) is 0 Å². The van der Waals surface area contributed by atoms with Crippen molar-refractivity contribution >= 4 is 28.8 Å². The van der Waals surface area contributed by atoms with E-state index in [0.29, 0.717) is 43.0 Å². The number of likely N-dealkylation sites (N-methyl/N-ethyl adjacent to an activating group) is 1. The van der Waals surface area contributed by atoms with Gasteiger partial charge in [-0.1, -0.05) is 30.3 Å². The van der Waals surface area contributed by atoms with Crippen molar-refractivity contribution in [1.29, 1.82) is 0 Å². The smallest absolute Gasteiger partial charge is 0.310 e. The molecule has 2 aromatic carbocycles. The molecule has 8 heteroatoms. The number of carbonyl (C=O) groups excluding carboxylic acids is 3. The van der Waals surface area contributed by atoms with Crippen LogP contribution in [0.1, 0.15) is 30.3 Å². The second kappa shape index (κ2) is 10.6. The van der Waals surface area contributed by atoms with Crippen LogP contribution in [-0.2, 0) is 14.3 Å². The molecule has 2 amide bonds. The van der Waals surface area contributed by atoms with Gasteiger partial charge < -0.3 is 23.7 Å². The quantitative estimate of drug-likeness (QED) is 0.477. The lowest BCUT2D eigenvalue weighted by Crippen LogP contribution is -2.47. The second-order valence-corrected chi connectivity index (χ2v) is 8.63. The molecule has 0 radical (unpaired) electrons. The minimum atomic E-state index is -0.397. The van der Waals surface area contributed by atoms with Crippen molar-refractivity contribution in [1.82, 2.24) is 9.80 Å². The number of esters is 1. The molecule has 3 aromatic rings. The van der Waals surface area contributed by atoms with Crippen LogP contribution in [0.3, 0.4) is 0 Å². The highest BCUT2D eigenvalue weighted by Crippen LogP contribution is 2.37. The maximum Gasteiger partial charge on any atom is 0.310 e. The number of amides is 2. The maximum absolute atomic E-state index is 13.5. The monoisotopic (exact) mass is 478 g/mol. The van der Waals surface area contributed by atoms with Crippen molar-refractivity contribution in [2.24, 2.45) is 5.92 Å². The largest absolute Gasteiger partial charge is 0.497 e.